The number of likely N-dealkylation sites (N-methyl/N-ethyl adjacent to an activating group) is 1. The fraction of sp³-hybridized carbons (Fsp3) is 0.278. The third kappa shape index (κ3) is 3.38. The molecule has 1 heterocycles. The Morgan fingerprint density at radius 3 is 2.39 bits per heavy atom. The first-order valence-corrected chi connectivity index (χ1v) is 7.96. The van der Waals surface area contributed by atoms with Gasteiger partial charge < -0.3 is 9.80 Å². The average Bonchev–Trinajstić information content (AvgIpc) is 2.57. The highest BCUT2D eigenvalue weighted by Crippen LogP contribution is 2.29. The third-order valence-electron chi connectivity index (χ3n) is 4.16. The van der Waals surface area contributed by atoms with Crippen LogP contribution >= 0.6 is 11.6 Å². The molecule has 2 aromatic carbocycles. The molecule has 5 heteroatoms. The Kier molecular flexibility index (Phi) is 4.64. The number of hydrogen-bond donors (Lipinski definition) is 0. The Labute approximate surface area is 140 Å². The minimum absolute atomic E-state index is 0.202. The van der Waals surface area contributed by atoms with E-state index in [9.17, 15) is 9.18 Å². The summed E-state index contributed by atoms with van der Waals surface area (Å²) in [5.41, 5.74) is 1.17. The molecule has 0 radical (unpaired) electrons. The lowest BCUT2D eigenvalue weighted by Gasteiger charge is -2.34. The van der Waals surface area contributed by atoms with Crippen molar-refractivity contribution in [3.05, 3.63) is 64.4 Å². The van der Waals surface area contributed by atoms with Crippen molar-refractivity contribution in [1.29, 1.82) is 0 Å². The largest absolute Gasteiger partial charge is 0.367 e. The number of hydrogen-bond acceptors (Lipinski definition) is 3. The molecule has 3 rings (SSSR count). The minimum Gasteiger partial charge on any atom is -0.367 e. The summed E-state index contributed by atoms with van der Waals surface area (Å²) in [5.74, 6) is -0.669. The summed E-state index contributed by atoms with van der Waals surface area (Å²) in [7, 11) is 2.04. The molecule has 3 nitrogen and oxygen atoms in total. The van der Waals surface area contributed by atoms with Crippen molar-refractivity contribution in [3.63, 3.8) is 0 Å². The number of ketones is 1. The number of nitrogens with zero attached hydrogens (tertiary/aromatic N) is 2. The first-order valence-electron chi connectivity index (χ1n) is 7.58. The van der Waals surface area contributed by atoms with Crippen LogP contribution in [0.3, 0.4) is 0 Å². The molecule has 120 valence electrons. The summed E-state index contributed by atoms with van der Waals surface area (Å²) in [6.07, 6.45) is 0. The summed E-state index contributed by atoms with van der Waals surface area (Å²) in [6.45, 7) is 3.25. The molecule has 0 amide bonds. The number of rotatable bonds is 3. The van der Waals surface area contributed by atoms with Crippen LogP contribution in [0.25, 0.3) is 0 Å². The molecular weight excluding hydrogens is 315 g/mol. The van der Waals surface area contributed by atoms with Crippen molar-refractivity contribution >= 4 is 23.1 Å². The zero-order valence-electron chi connectivity index (χ0n) is 12.9. The molecule has 1 saturated heterocycles. The van der Waals surface area contributed by atoms with Crippen LogP contribution in [0.2, 0.25) is 5.02 Å². The summed E-state index contributed by atoms with van der Waals surface area (Å²) in [4.78, 5) is 16.6. The predicted molar refractivity (Wildman–Crippen MR) is 91.0 cm³/mol. The topological polar surface area (TPSA) is 23.6 Å². The summed E-state index contributed by atoms with van der Waals surface area (Å²) >= 11 is 6.27. The number of piperazine rings is 1. The van der Waals surface area contributed by atoms with E-state index in [1.807, 2.05) is 18.0 Å². The Morgan fingerprint density at radius 2 is 1.74 bits per heavy atom. The molecule has 2 aromatic rings. The normalized spacial score (nSPS) is 15.7. The van der Waals surface area contributed by atoms with Crippen molar-refractivity contribution < 1.29 is 9.18 Å². The molecule has 0 bridgehead atoms. The highest BCUT2D eigenvalue weighted by atomic mass is 35.5. The van der Waals surface area contributed by atoms with Crippen LogP contribution in [0.4, 0.5) is 10.1 Å². The Morgan fingerprint density at radius 1 is 1.09 bits per heavy atom. The fourth-order valence-corrected chi connectivity index (χ4v) is 2.99. The number of benzene rings is 2. The maximum atomic E-state index is 14.5. The van der Waals surface area contributed by atoms with Gasteiger partial charge in [-0.1, -0.05) is 41.9 Å². The highest BCUT2D eigenvalue weighted by molar-refractivity contribution is 6.35. The number of anilines is 1. The van der Waals surface area contributed by atoms with Crippen molar-refractivity contribution in [2.45, 2.75) is 0 Å². The zero-order valence-corrected chi connectivity index (χ0v) is 13.7. The van der Waals surface area contributed by atoms with E-state index in [0.29, 0.717) is 11.3 Å². The SMILES string of the molecule is CN1CCN(c2cc(Cl)c(C(=O)c3ccccc3)cc2F)CC1. The van der Waals surface area contributed by atoms with Crippen LogP contribution in [-0.2, 0) is 0 Å². The summed E-state index contributed by atoms with van der Waals surface area (Å²) < 4.78 is 14.5. The van der Waals surface area contributed by atoms with E-state index in [-0.39, 0.29) is 16.4 Å². The second-order valence-corrected chi connectivity index (χ2v) is 6.18. The smallest absolute Gasteiger partial charge is 0.194 e. The fourth-order valence-electron chi connectivity index (χ4n) is 2.75. The van der Waals surface area contributed by atoms with Crippen LogP contribution in [0, 0.1) is 5.82 Å². The van der Waals surface area contributed by atoms with E-state index in [2.05, 4.69) is 4.90 Å². The molecule has 1 aliphatic heterocycles. The van der Waals surface area contributed by atoms with Crippen LogP contribution in [-0.4, -0.2) is 43.9 Å². The molecule has 0 N–H and O–H groups in total. The first-order chi connectivity index (χ1) is 11.1. The Bertz CT molecular complexity index is 712. The van der Waals surface area contributed by atoms with Crippen molar-refractivity contribution in [2.75, 3.05) is 38.1 Å². The molecular formula is C18H18ClFN2O. The lowest BCUT2D eigenvalue weighted by atomic mass is 10.0. The van der Waals surface area contributed by atoms with Crippen LogP contribution in [0.1, 0.15) is 15.9 Å². The molecule has 0 saturated carbocycles. The van der Waals surface area contributed by atoms with Gasteiger partial charge in [0.1, 0.15) is 5.82 Å². The summed E-state index contributed by atoms with van der Waals surface area (Å²) in [5, 5.41) is 0.286. The van der Waals surface area contributed by atoms with Gasteiger partial charge in [-0.15, -0.1) is 0 Å². The lowest BCUT2D eigenvalue weighted by molar-refractivity contribution is 0.103. The second kappa shape index (κ2) is 6.69. The molecule has 0 aliphatic carbocycles. The van der Waals surface area contributed by atoms with Crippen molar-refractivity contribution in [1.82, 2.24) is 4.90 Å². The van der Waals surface area contributed by atoms with Crippen molar-refractivity contribution in [2.24, 2.45) is 0 Å². The average molecular weight is 333 g/mol. The molecule has 1 fully saturated rings. The van der Waals surface area contributed by atoms with Gasteiger partial charge in [0.2, 0.25) is 0 Å². The zero-order chi connectivity index (χ0) is 16.4. The Hall–Kier alpha value is -1.91. The number of carbonyl (C=O) groups excluding carboxylic acids is 1. The molecule has 0 spiro atoms. The third-order valence-corrected chi connectivity index (χ3v) is 4.47. The Balaban J connectivity index is 1.90. The molecule has 0 unspecified atom stereocenters. The quantitative estimate of drug-likeness (QED) is 0.804. The van der Waals surface area contributed by atoms with Crippen molar-refractivity contribution in [3.8, 4) is 0 Å². The standard InChI is InChI=1S/C18H18ClFN2O/c1-21-7-9-22(10-8-21)17-12-15(19)14(11-16(17)20)18(23)13-5-3-2-4-6-13/h2-6,11-12H,7-10H2,1H3. The van der Waals surface area contributed by atoms with Crippen LogP contribution < -0.4 is 4.90 Å². The highest BCUT2D eigenvalue weighted by Gasteiger charge is 2.21. The van der Waals surface area contributed by atoms with Gasteiger partial charge in [0.15, 0.2) is 5.78 Å². The van der Waals surface area contributed by atoms with E-state index in [4.69, 9.17) is 11.6 Å². The number of carbonyl (C=O) groups is 1. The van der Waals surface area contributed by atoms with Gasteiger partial charge in [0.05, 0.1) is 10.7 Å². The maximum Gasteiger partial charge on any atom is 0.194 e. The van der Waals surface area contributed by atoms with E-state index in [0.717, 1.165) is 26.2 Å². The van der Waals surface area contributed by atoms with Crippen LogP contribution in [0.15, 0.2) is 42.5 Å². The van der Waals surface area contributed by atoms with E-state index < -0.39 is 5.82 Å². The molecule has 1 aliphatic rings. The monoisotopic (exact) mass is 332 g/mol. The van der Waals surface area contributed by atoms with E-state index in [1.54, 1.807) is 30.3 Å². The number of halogens is 2. The van der Waals surface area contributed by atoms with E-state index in [1.165, 1.54) is 6.07 Å². The van der Waals surface area contributed by atoms with Gasteiger partial charge in [0.25, 0.3) is 0 Å². The van der Waals surface area contributed by atoms with Gasteiger partial charge >= 0.3 is 0 Å². The molecule has 0 aromatic heterocycles. The van der Waals surface area contributed by atoms with Gasteiger partial charge in [-0.05, 0) is 19.2 Å². The maximum absolute atomic E-state index is 14.5. The van der Waals surface area contributed by atoms with Gasteiger partial charge in [-0.3, -0.25) is 4.79 Å². The predicted octanol–water partition coefficient (Wildman–Crippen LogP) is 3.46. The summed E-state index contributed by atoms with van der Waals surface area (Å²) in [6, 6.07) is 11.6. The molecule has 23 heavy (non-hydrogen) atoms. The van der Waals surface area contributed by atoms with Crippen LogP contribution in [0.5, 0.6) is 0 Å². The molecule has 0 atom stereocenters. The van der Waals surface area contributed by atoms with E-state index >= 15 is 0 Å². The van der Waals surface area contributed by atoms with Gasteiger partial charge in [-0.25, -0.2) is 4.39 Å². The van der Waals surface area contributed by atoms with Gasteiger partial charge in [0, 0.05) is 37.3 Å². The van der Waals surface area contributed by atoms with Gasteiger partial charge in [-0.2, -0.15) is 0 Å². The first kappa shape index (κ1) is 16.0. The lowest BCUT2D eigenvalue weighted by Crippen LogP contribution is -2.44. The minimum atomic E-state index is -0.404. The second-order valence-electron chi connectivity index (χ2n) is 5.77.